The zero-order valence-corrected chi connectivity index (χ0v) is 17.8. The number of rotatable bonds is 5. The first-order valence-corrected chi connectivity index (χ1v) is 10.1. The van der Waals surface area contributed by atoms with Crippen LogP contribution in [0.15, 0.2) is 57.1 Å². The molecule has 2 aromatic carbocycles. The maximum atomic E-state index is 12.6. The molecule has 0 aromatic heterocycles. The van der Waals surface area contributed by atoms with Gasteiger partial charge in [0.05, 0.1) is 25.1 Å². The third-order valence-corrected chi connectivity index (χ3v) is 5.81. The van der Waals surface area contributed by atoms with Crippen molar-refractivity contribution in [3.63, 3.8) is 0 Å². The Hall–Kier alpha value is -2.12. The summed E-state index contributed by atoms with van der Waals surface area (Å²) >= 11 is 4.87. The molecule has 0 N–H and O–H groups in total. The normalized spacial score (nSPS) is 18.7. The van der Waals surface area contributed by atoms with Crippen LogP contribution < -0.4 is 4.74 Å². The molecule has 27 heavy (non-hydrogen) atoms. The van der Waals surface area contributed by atoms with E-state index in [1.807, 2.05) is 56.3 Å². The van der Waals surface area contributed by atoms with Gasteiger partial charge in [0.25, 0.3) is 0 Å². The SMILES string of the molecule is COc1ccc(Br)cc1/C=N\N=C1/S[C@@H](C)C(=O)N1Cc1ccccc1C. The van der Waals surface area contributed by atoms with Gasteiger partial charge in [0.1, 0.15) is 5.75 Å². The number of carbonyl (C=O) groups excluding carboxylic acids is 1. The summed E-state index contributed by atoms with van der Waals surface area (Å²) in [7, 11) is 1.61. The second kappa shape index (κ2) is 8.71. The third-order valence-electron chi connectivity index (χ3n) is 4.25. The van der Waals surface area contributed by atoms with Crippen LogP contribution in [0.2, 0.25) is 0 Å². The van der Waals surface area contributed by atoms with E-state index in [1.54, 1.807) is 18.2 Å². The van der Waals surface area contributed by atoms with E-state index in [9.17, 15) is 4.79 Å². The Balaban J connectivity index is 1.84. The van der Waals surface area contributed by atoms with Crippen LogP contribution in [0.1, 0.15) is 23.6 Å². The Bertz CT molecular complexity index is 914. The molecule has 3 rings (SSSR count). The van der Waals surface area contributed by atoms with E-state index < -0.39 is 0 Å². The lowest BCUT2D eigenvalue weighted by Gasteiger charge is -2.16. The molecule has 0 saturated carbocycles. The number of hydrogen-bond donors (Lipinski definition) is 0. The van der Waals surface area contributed by atoms with E-state index in [0.717, 1.165) is 21.2 Å². The van der Waals surface area contributed by atoms with E-state index in [-0.39, 0.29) is 11.2 Å². The number of benzene rings is 2. The van der Waals surface area contributed by atoms with Gasteiger partial charge in [-0.3, -0.25) is 9.69 Å². The van der Waals surface area contributed by atoms with Crippen LogP contribution in [0, 0.1) is 6.92 Å². The first kappa shape index (κ1) is 19.6. The van der Waals surface area contributed by atoms with Crippen molar-refractivity contribution < 1.29 is 9.53 Å². The summed E-state index contributed by atoms with van der Waals surface area (Å²) in [4.78, 5) is 14.3. The predicted molar refractivity (Wildman–Crippen MR) is 115 cm³/mol. The van der Waals surface area contributed by atoms with Crippen LogP contribution in [0.3, 0.4) is 0 Å². The van der Waals surface area contributed by atoms with Crippen molar-refractivity contribution in [1.29, 1.82) is 0 Å². The molecule has 0 bridgehead atoms. The Morgan fingerprint density at radius 2 is 2.07 bits per heavy atom. The van der Waals surface area contributed by atoms with E-state index in [4.69, 9.17) is 4.74 Å². The predicted octanol–water partition coefficient (Wildman–Crippen LogP) is 4.62. The van der Waals surface area contributed by atoms with Gasteiger partial charge in [0.15, 0.2) is 5.17 Å². The monoisotopic (exact) mass is 445 g/mol. The second-order valence-electron chi connectivity index (χ2n) is 6.12. The summed E-state index contributed by atoms with van der Waals surface area (Å²) in [5.74, 6) is 0.764. The third kappa shape index (κ3) is 4.59. The molecular weight excluding hydrogens is 426 g/mol. The highest BCUT2D eigenvalue weighted by atomic mass is 79.9. The average molecular weight is 446 g/mol. The molecule has 7 heteroatoms. The standard InChI is InChI=1S/C20H20BrN3O2S/c1-13-6-4-5-7-15(13)12-24-19(25)14(2)27-20(24)23-22-11-16-10-17(21)8-9-18(16)26-3/h4-11,14H,12H2,1-3H3/b22-11-,23-20-/t14-/m0/s1. The summed E-state index contributed by atoms with van der Waals surface area (Å²) in [6.45, 7) is 4.43. The quantitative estimate of drug-likeness (QED) is 0.498. The zero-order valence-electron chi connectivity index (χ0n) is 15.3. The van der Waals surface area contributed by atoms with E-state index in [1.165, 1.54) is 11.8 Å². The molecule has 1 aliphatic rings. The summed E-state index contributed by atoms with van der Waals surface area (Å²) in [5, 5.41) is 8.97. The molecule has 1 atom stereocenters. The fraction of sp³-hybridized carbons (Fsp3) is 0.250. The lowest BCUT2D eigenvalue weighted by atomic mass is 10.1. The van der Waals surface area contributed by atoms with Gasteiger partial charge >= 0.3 is 0 Å². The number of ether oxygens (including phenoxy) is 1. The van der Waals surface area contributed by atoms with Crippen molar-refractivity contribution in [1.82, 2.24) is 4.90 Å². The van der Waals surface area contributed by atoms with Crippen LogP contribution in [-0.2, 0) is 11.3 Å². The minimum Gasteiger partial charge on any atom is -0.496 e. The van der Waals surface area contributed by atoms with Crippen molar-refractivity contribution >= 4 is 45.0 Å². The lowest BCUT2D eigenvalue weighted by Crippen LogP contribution is -2.31. The molecule has 2 aromatic rings. The fourth-order valence-corrected chi connectivity index (χ4v) is 4.01. The Labute approximate surface area is 171 Å². The molecule has 1 saturated heterocycles. The number of amides is 1. The number of aryl methyl sites for hydroxylation is 1. The lowest BCUT2D eigenvalue weighted by molar-refractivity contribution is -0.126. The maximum absolute atomic E-state index is 12.6. The topological polar surface area (TPSA) is 54.3 Å². The first-order chi connectivity index (χ1) is 13.0. The first-order valence-electron chi connectivity index (χ1n) is 8.46. The van der Waals surface area contributed by atoms with Crippen molar-refractivity contribution in [2.45, 2.75) is 25.6 Å². The highest BCUT2D eigenvalue weighted by Gasteiger charge is 2.35. The van der Waals surface area contributed by atoms with Crippen LogP contribution in [0.25, 0.3) is 0 Å². The number of halogens is 1. The molecule has 5 nitrogen and oxygen atoms in total. The summed E-state index contributed by atoms with van der Waals surface area (Å²) in [6.07, 6.45) is 1.64. The van der Waals surface area contributed by atoms with Crippen LogP contribution in [0.5, 0.6) is 5.75 Å². The summed E-state index contributed by atoms with van der Waals surface area (Å²) in [6, 6.07) is 13.7. The van der Waals surface area contributed by atoms with Gasteiger partial charge in [-0.2, -0.15) is 5.10 Å². The Morgan fingerprint density at radius 1 is 1.30 bits per heavy atom. The van der Waals surface area contributed by atoms with Crippen molar-refractivity contribution in [3.8, 4) is 5.75 Å². The minimum atomic E-state index is -0.164. The van der Waals surface area contributed by atoms with Crippen molar-refractivity contribution in [3.05, 3.63) is 63.6 Å². The van der Waals surface area contributed by atoms with E-state index in [2.05, 4.69) is 26.1 Å². The fourth-order valence-electron chi connectivity index (χ4n) is 2.71. The summed E-state index contributed by atoms with van der Waals surface area (Å²) in [5.41, 5.74) is 3.06. The molecule has 0 aliphatic carbocycles. The zero-order chi connectivity index (χ0) is 19.4. The van der Waals surface area contributed by atoms with Crippen molar-refractivity contribution in [2.75, 3.05) is 7.11 Å². The summed E-state index contributed by atoms with van der Waals surface area (Å²) < 4.78 is 6.27. The molecule has 1 amide bonds. The van der Waals surface area contributed by atoms with Crippen LogP contribution >= 0.6 is 27.7 Å². The van der Waals surface area contributed by atoms with Gasteiger partial charge in [-0.15, -0.1) is 5.10 Å². The molecule has 0 spiro atoms. The molecule has 140 valence electrons. The van der Waals surface area contributed by atoms with Crippen molar-refractivity contribution in [2.24, 2.45) is 10.2 Å². The molecule has 1 fully saturated rings. The van der Waals surface area contributed by atoms with E-state index >= 15 is 0 Å². The van der Waals surface area contributed by atoms with Crippen LogP contribution in [-0.4, -0.2) is 34.5 Å². The second-order valence-corrected chi connectivity index (χ2v) is 8.35. The number of methoxy groups -OCH3 is 1. The van der Waals surface area contributed by atoms with Gasteiger partial charge < -0.3 is 4.74 Å². The largest absolute Gasteiger partial charge is 0.496 e. The molecule has 1 aliphatic heterocycles. The maximum Gasteiger partial charge on any atom is 0.242 e. The Morgan fingerprint density at radius 3 is 2.81 bits per heavy atom. The van der Waals surface area contributed by atoms with Gasteiger partial charge in [-0.25, -0.2) is 0 Å². The number of hydrogen-bond acceptors (Lipinski definition) is 5. The smallest absolute Gasteiger partial charge is 0.242 e. The number of amidine groups is 1. The number of nitrogens with zero attached hydrogens (tertiary/aromatic N) is 3. The van der Waals surface area contributed by atoms with E-state index in [0.29, 0.717) is 17.5 Å². The van der Waals surface area contributed by atoms with Crippen LogP contribution in [0.4, 0.5) is 0 Å². The van der Waals surface area contributed by atoms with Gasteiger partial charge in [-0.05, 0) is 43.2 Å². The number of thioether (sulfide) groups is 1. The molecule has 1 heterocycles. The molecule has 0 unspecified atom stereocenters. The highest BCUT2D eigenvalue weighted by Crippen LogP contribution is 2.29. The van der Waals surface area contributed by atoms with Gasteiger partial charge in [-0.1, -0.05) is 52.0 Å². The minimum absolute atomic E-state index is 0.0530. The average Bonchev–Trinajstić information content (AvgIpc) is 2.91. The number of carbonyl (C=O) groups is 1. The Kier molecular flexibility index (Phi) is 6.34. The highest BCUT2D eigenvalue weighted by molar-refractivity contribution is 9.10. The molecular formula is C20H20BrN3O2S. The van der Waals surface area contributed by atoms with Gasteiger partial charge in [0.2, 0.25) is 5.91 Å². The molecule has 0 radical (unpaired) electrons. The van der Waals surface area contributed by atoms with Gasteiger partial charge in [0, 0.05) is 10.0 Å².